The molecule has 4 aliphatic rings. The number of aliphatic imine (C=N–C) groups is 1. The first-order valence-electron chi connectivity index (χ1n) is 7.42. The molecule has 5 atom stereocenters. The van der Waals surface area contributed by atoms with Crippen molar-refractivity contribution in [2.24, 2.45) is 22.7 Å². The molecule has 5 heteroatoms. The number of rotatable bonds is 2. The van der Waals surface area contributed by atoms with Gasteiger partial charge in [-0.15, -0.1) is 0 Å². The molecule has 2 unspecified atom stereocenters. The smallest absolute Gasteiger partial charge is 0.239 e. The number of thioether (sulfide) groups is 1. The van der Waals surface area contributed by atoms with Crippen LogP contribution >= 0.6 is 11.8 Å². The van der Waals surface area contributed by atoms with E-state index < -0.39 is 0 Å². The quantitative estimate of drug-likeness (QED) is 0.839. The van der Waals surface area contributed by atoms with E-state index in [1.54, 1.807) is 11.8 Å². The summed E-state index contributed by atoms with van der Waals surface area (Å²) in [6.45, 7) is 1.53. The molecule has 0 aromatic heterocycles. The maximum Gasteiger partial charge on any atom is 0.239 e. The van der Waals surface area contributed by atoms with Crippen molar-refractivity contribution in [2.75, 3.05) is 13.2 Å². The Morgan fingerprint density at radius 2 is 2.16 bits per heavy atom. The SMILES string of the molecule is O=C1NC(=N[C@H]2C[C@@H]3CCC2C3)SC1[C@@H]1CCOC1. The summed E-state index contributed by atoms with van der Waals surface area (Å²) >= 11 is 1.64. The molecule has 104 valence electrons. The number of nitrogens with one attached hydrogen (secondary N) is 1. The standard InChI is InChI=1S/C14H20N2O2S/c17-13-12(10-3-4-18-7-10)19-14(16-13)15-11-6-8-1-2-9(11)5-8/h8-12H,1-7H2,(H,15,16,17)/t8-,9?,10-,11+,12?/m1/s1. The molecule has 2 saturated heterocycles. The van der Waals surface area contributed by atoms with E-state index in [-0.39, 0.29) is 11.2 Å². The van der Waals surface area contributed by atoms with Gasteiger partial charge in [0, 0.05) is 12.5 Å². The number of amides is 1. The second-order valence-electron chi connectivity index (χ2n) is 6.33. The highest BCUT2D eigenvalue weighted by Crippen LogP contribution is 2.46. The maximum atomic E-state index is 12.0. The van der Waals surface area contributed by atoms with Crippen LogP contribution in [0.3, 0.4) is 0 Å². The van der Waals surface area contributed by atoms with Crippen molar-refractivity contribution in [2.45, 2.75) is 43.4 Å². The molecule has 2 saturated carbocycles. The van der Waals surface area contributed by atoms with Gasteiger partial charge in [0.05, 0.1) is 17.9 Å². The number of amidine groups is 1. The Morgan fingerprint density at radius 3 is 2.84 bits per heavy atom. The van der Waals surface area contributed by atoms with Crippen LogP contribution < -0.4 is 5.32 Å². The van der Waals surface area contributed by atoms with Gasteiger partial charge in [-0.2, -0.15) is 0 Å². The number of fused-ring (bicyclic) bond motifs is 2. The molecule has 2 heterocycles. The first-order chi connectivity index (χ1) is 9.29. The highest BCUT2D eigenvalue weighted by molar-refractivity contribution is 8.15. The van der Waals surface area contributed by atoms with Crippen molar-refractivity contribution in [3.8, 4) is 0 Å². The Kier molecular flexibility index (Phi) is 3.07. The second-order valence-corrected chi connectivity index (χ2v) is 7.46. The van der Waals surface area contributed by atoms with E-state index in [1.165, 1.54) is 25.7 Å². The molecule has 4 fully saturated rings. The van der Waals surface area contributed by atoms with Crippen molar-refractivity contribution >= 4 is 22.8 Å². The lowest BCUT2D eigenvalue weighted by molar-refractivity contribution is -0.119. The van der Waals surface area contributed by atoms with Crippen LogP contribution in [0.4, 0.5) is 0 Å². The Hall–Kier alpha value is -0.550. The van der Waals surface area contributed by atoms with E-state index in [0.717, 1.165) is 36.6 Å². The van der Waals surface area contributed by atoms with Crippen LogP contribution in [-0.4, -0.2) is 35.6 Å². The van der Waals surface area contributed by atoms with Gasteiger partial charge in [0.2, 0.25) is 5.91 Å². The molecular formula is C14H20N2O2S. The van der Waals surface area contributed by atoms with E-state index in [9.17, 15) is 4.79 Å². The van der Waals surface area contributed by atoms with Gasteiger partial charge in [-0.25, -0.2) is 0 Å². The Labute approximate surface area is 117 Å². The van der Waals surface area contributed by atoms with E-state index >= 15 is 0 Å². The number of hydrogen-bond acceptors (Lipinski definition) is 4. The fourth-order valence-electron chi connectivity index (χ4n) is 4.06. The van der Waals surface area contributed by atoms with Gasteiger partial charge in [0.15, 0.2) is 5.17 Å². The van der Waals surface area contributed by atoms with Crippen LogP contribution in [0.5, 0.6) is 0 Å². The van der Waals surface area contributed by atoms with E-state index in [2.05, 4.69) is 5.32 Å². The number of carbonyl (C=O) groups excluding carboxylic acids is 1. The molecule has 2 aliphatic heterocycles. The summed E-state index contributed by atoms with van der Waals surface area (Å²) in [5, 5.41) is 3.89. The average Bonchev–Trinajstić information content (AvgIpc) is 3.12. The molecule has 2 aliphatic carbocycles. The van der Waals surface area contributed by atoms with Gasteiger partial charge < -0.3 is 10.1 Å². The lowest BCUT2D eigenvalue weighted by Crippen LogP contribution is -2.30. The molecule has 4 rings (SSSR count). The van der Waals surface area contributed by atoms with Crippen molar-refractivity contribution in [1.29, 1.82) is 0 Å². The molecule has 0 aromatic carbocycles. The van der Waals surface area contributed by atoms with Crippen LogP contribution in [0.25, 0.3) is 0 Å². The van der Waals surface area contributed by atoms with Crippen LogP contribution in [-0.2, 0) is 9.53 Å². The van der Waals surface area contributed by atoms with E-state index in [4.69, 9.17) is 9.73 Å². The van der Waals surface area contributed by atoms with Crippen LogP contribution in [0.15, 0.2) is 4.99 Å². The van der Waals surface area contributed by atoms with Crippen molar-refractivity contribution in [3.05, 3.63) is 0 Å². The summed E-state index contributed by atoms with van der Waals surface area (Å²) in [6, 6.07) is 0.472. The van der Waals surface area contributed by atoms with Gasteiger partial charge >= 0.3 is 0 Å². The zero-order valence-electron chi connectivity index (χ0n) is 11.0. The third kappa shape index (κ3) is 2.21. The van der Waals surface area contributed by atoms with E-state index in [1.807, 2.05) is 0 Å². The molecule has 4 nitrogen and oxygen atoms in total. The van der Waals surface area contributed by atoms with Gasteiger partial charge in [0.1, 0.15) is 0 Å². The van der Waals surface area contributed by atoms with Gasteiger partial charge in [-0.3, -0.25) is 9.79 Å². The average molecular weight is 280 g/mol. The predicted molar refractivity (Wildman–Crippen MR) is 75.1 cm³/mol. The van der Waals surface area contributed by atoms with Crippen molar-refractivity contribution in [1.82, 2.24) is 5.32 Å². The minimum atomic E-state index is 0.0276. The summed E-state index contributed by atoms with van der Waals surface area (Å²) in [6.07, 6.45) is 6.34. The molecule has 0 spiro atoms. The Bertz CT molecular complexity index is 420. The summed E-state index contributed by atoms with van der Waals surface area (Å²) < 4.78 is 5.39. The van der Waals surface area contributed by atoms with Crippen LogP contribution in [0.1, 0.15) is 32.1 Å². The third-order valence-corrected chi connectivity index (χ3v) is 6.39. The first kappa shape index (κ1) is 12.2. The Morgan fingerprint density at radius 1 is 1.21 bits per heavy atom. The summed E-state index contributed by atoms with van der Waals surface area (Å²) in [4.78, 5) is 16.9. The zero-order valence-corrected chi connectivity index (χ0v) is 11.8. The molecule has 19 heavy (non-hydrogen) atoms. The van der Waals surface area contributed by atoms with Crippen molar-refractivity contribution < 1.29 is 9.53 Å². The maximum absolute atomic E-state index is 12.0. The minimum Gasteiger partial charge on any atom is -0.381 e. The summed E-state index contributed by atoms with van der Waals surface area (Å²) in [7, 11) is 0. The number of hydrogen-bond donors (Lipinski definition) is 1. The van der Waals surface area contributed by atoms with Crippen molar-refractivity contribution in [3.63, 3.8) is 0 Å². The molecule has 1 N–H and O–H groups in total. The first-order valence-corrected chi connectivity index (χ1v) is 8.30. The van der Waals surface area contributed by atoms with E-state index in [0.29, 0.717) is 12.0 Å². The number of carbonyl (C=O) groups is 1. The Balaban J connectivity index is 1.44. The van der Waals surface area contributed by atoms with Crippen LogP contribution in [0, 0.1) is 17.8 Å². The highest BCUT2D eigenvalue weighted by atomic mass is 32.2. The molecule has 0 radical (unpaired) electrons. The molecule has 2 bridgehead atoms. The fourth-order valence-corrected chi connectivity index (χ4v) is 5.23. The normalized spacial score (nSPS) is 47.3. The highest BCUT2D eigenvalue weighted by Gasteiger charge is 2.42. The monoisotopic (exact) mass is 280 g/mol. The van der Waals surface area contributed by atoms with Gasteiger partial charge in [-0.1, -0.05) is 18.2 Å². The molecular weight excluding hydrogens is 260 g/mol. The number of ether oxygens (including phenoxy) is 1. The molecule has 1 amide bonds. The predicted octanol–water partition coefficient (Wildman–Crippen LogP) is 1.80. The minimum absolute atomic E-state index is 0.0276. The zero-order chi connectivity index (χ0) is 12.8. The van der Waals surface area contributed by atoms with Gasteiger partial charge in [-0.05, 0) is 37.5 Å². The second kappa shape index (κ2) is 4.77. The number of nitrogens with zero attached hydrogens (tertiary/aromatic N) is 1. The summed E-state index contributed by atoms with van der Waals surface area (Å²) in [5.74, 6) is 2.20. The summed E-state index contributed by atoms with van der Waals surface area (Å²) in [5.41, 5.74) is 0. The largest absolute Gasteiger partial charge is 0.381 e. The fraction of sp³-hybridized carbons (Fsp3) is 0.857. The van der Waals surface area contributed by atoms with Crippen LogP contribution in [0.2, 0.25) is 0 Å². The lowest BCUT2D eigenvalue weighted by Gasteiger charge is -2.17. The molecule has 0 aromatic rings. The topological polar surface area (TPSA) is 50.7 Å². The van der Waals surface area contributed by atoms with Gasteiger partial charge in [0.25, 0.3) is 0 Å². The lowest BCUT2D eigenvalue weighted by atomic mass is 9.96. The third-order valence-electron chi connectivity index (χ3n) is 5.10.